The third-order valence-electron chi connectivity index (χ3n) is 3.21. The molecule has 1 unspecified atom stereocenters. The Morgan fingerprint density at radius 3 is 2.40 bits per heavy atom. The van der Waals surface area contributed by atoms with Crippen LogP contribution in [0.2, 0.25) is 0 Å². The first-order chi connectivity index (χ1) is 9.45. The van der Waals surface area contributed by atoms with Crippen molar-refractivity contribution in [2.24, 2.45) is 5.73 Å². The Balaban J connectivity index is 2.81. The minimum Gasteiger partial charge on any atom is -0.369 e. The number of primary amides is 1. The number of carbonyl (C=O) groups is 2. The number of nitrogens with two attached hydrogens (primary N) is 1. The summed E-state index contributed by atoms with van der Waals surface area (Å²) in [5.74, 6) is -0.976. The second-order valence-corrected chi connectivity index (χ2v) is 4.84. The zero-order valence-corrected chi connectivity index (χ0v) is 11.9. The summed E-state index contributed by atoms with van der Waals surface area (Å²) in [7, 11) is 0. The Kier molecular flexibility index (Phi) is 6.31. The van der Waals surface area contributed by atoms with Crippen molar-refractivity contribution in [1.82, 2.24) is 4.90 Å². The highest BCUT2D eigenvalue weighted by molar-refractivity contribution is 6.00. The number of hydrogen-bond acceptors (Lipinski definition) is 3. The van der Waals surface area contributed by atoms with Crippen LogP contribution in [0.1, 0.15) is 37.0 Å². The number of hydrogen-bond donors (Lipinski definition) is 1. The van der Waals surface area contributed by atoms with Crippen LogP contribution in [0.5, 0.6) is 0 Å². The van der Waals surface area contributed by atoms with E-state index in [1.54, 1.807) is 11.8 Å². The normalized spacial score (nSPS) is 12.4. The van der Waals surface area contributed by atoms with Gasteiger partial charge in [-0.25, -0.2) is 4.39 Å². The minimum absolute atomic E-state index is 0.0497. The van der Waals surface area contributed by atoms with Gasteiger partial charge in [0.05, 0.1) is 12.6 Å². The second kappa shape index (κ2) is 7.75. The van der Waals surface area contributed by atoms with Gasteiger partial charge in [0, 0.05) is 5.56 Å². The molecule has 0 aliphatic rings. The lowest BCUT2D eigenvalue weighted by Crippen LogP contribution is -2.44. The molecular weight excluding hydrogens is 259 g/mol. The first-order valence-corrected chi connectivity index (χ1v) is 6.77. The van der Waals surface area contributed by atoms with E-state index in [2.05, 4.69) is 0 Å². The summed E-state index contributed by atoms with van der Waals surface area (Å²) in [4.78, 5) is 25.2. The fraction of sp³-hybridized carbons (Fsp3) is 0.467. The van der Waals surface area contributed by atoms with Crippen molar-refractivity contribution in [2.45, 2.75) is 32.7 Å². The van der Waals surface area contributed by atoms with Crippen LogP contribution in [0.25, 0.3) is 0 Å². The number of halogens is 1. The lowest BCUT2D eigenvalue weighted by Gasteiger charge is -2.26. The van der Waals surface area contributed by atoms with Gasteiger partial charge in [-0.15, -0.1) is 0 Å². The van der Waals surface area contributed by atoms with Crippen LogP contribution < -0.4 is 5.73 Å². The van der Waals surface area contributed by atoms with Crippen LogP contribution in [-0.4, -0.2) is 35.7 Å². The Bertz CT molecular complexity index is 459. The average molecular weight is 280 g/mol. The summed E-state index contributed by atoms with van der Waals surface area (Å²) in [6, 6.07) is 4.96. The molecule has 2 N–H and O–H groups in total. The van der Waals surface area contributed by atoms with Crippen LogP contribution in [0.3, 0.4) is 0 Å². The lowest BCUT2D eigenvalue weighted by molar-refractivity contribution is -0.119. The summed E-state index contributed by atoms with van der Waals surface area (Å²) in [6.45, 7) is 4.46. The number of rotatable bonds is 8. The summed E-state index contributed by atoms with van der Waals surface area (Å²) in [5, 5.41) is 0. The van der Waals surface area contributed by atoms with Gasteiger partial charge >= 0.3 is 0 Å². The highest BCUT2D eigenvalue weighted by atomic mass is 19.1. The van der Waals surface area contributed by atoms with Gasteiger partial charge in [0.2, 0.25) is 5.91 Å². The van der Waals surface area contributed by atoms with Crippen LogP contribution in [-0.2, 0) is 4.79 Å². The monoisotopic (exact) mass is 280 g/mol. The third-order valence-corrected chi connectivity index (χ3v) is 3.21. The third kappa shape index (κ3) is 4.74. The molecule has 0 saturated carbocycles. The summed E-state index contributed by atoms with van der Waals surface area (Å²) in [5.41, 5.74) is 5.66. The predicted molar refractivity (Wildman–Crippen MR) is 75.9 cm³/mol. The van der Waals surface area contributed by atoms with Crippen molar-refractivity contribution < 1.29 is 14.0 Å². The van der Waals surface area contributed by atoms with Crippen molar-refractivity contribution in [1.29, 1.82) is 0 Å². The van der Waals surface area contributed by atoms with E-state index in [9.17, 15) is 14.0 Å². The van der Waals surface area contributed by atoms with Crippen LogP contribution in [0, 0.1) is 5.82 Å². The standard InChI is InChI=1S/C15H21FN2O2/c1-3-4-9-18(10-14(17)19)11(2)15(20)12-5-7-13(16)8-6-12/h5-8,11H,3-4,9-10H2,1-2H3,(H2,17,19). The first-order valence-electron chi connectivity index (χ1n) is 6.77. The highest BCUT2D eigenvalue weighted by Crippen LogP contribution is 2.11. The van der Waals surface area contributed by atoms with Gasteiger partial charge in [0.15, 0.2) is 5.78 Å². The fourth-order valence-corrected chi connectivity index (χ4v) is 1.99. The quantitative estimate of drug-likeness (QED) is 0.741. The Labute approximate surface area is 118 Å². The van der Waals surface area contributed by atoms with Crippen LogP contribution >= 0.6 is 0 Å². The number of ketones is 1. The van der Waals surface area contributed by atoms with E-state index in [1.807, 2.05) is 6.92 Å². The topological polar surface area (TPSA) is 63.4 Å². The maximum atomic E-state index is 12.9. The molecule has 0 aromatic heterocycles. The van der Waals surface area contributed by atoms with Gasteiger partial charge in [0.25, 0.3) is 0 Å². The molecule has 1 amide bonds. The number of nitrogens with zero attached hydrogens (tertiary/aromatic N) is 1. The molecule has 0 aliphatic carbocycles. The molecule has 0 spiro atoms. The van der Waals surface area contributed by atoms with E-state index in [0.717, 1.165) is 12.8 Å². The molecule has 1 atom stereocenters. The minimum atomic E-state index is -0.459. The van der Waals surface area contributed by atoms with Gasteiger partial charge in [0.1, 0.15) is 5.82 Å². The summed E-state index contributed by atoms with van der Waals surface area (Å²) < 4.78 is 12.9. The molecule has 4 nitrogen and oxygen atoms in total. The number of carbonyl (C=O) groups excluding carboxylic acids is 2. The molecule has 110 valence electrons. The van der Waals surface area contributed by atoms with Gasteiger partial charge in [-0.1, -0.05) is 13.3 Å². The molecule has 1 aromatic carbocycles. The zero-order valence-electron chi connectivity index (χ0n) is 11.9. The number of Topliss-reactive ketones (excluding diaryl/α,β-unsaturated/α-hetero) is 1. The van der Waals surface area contributed by atoms with Crippen molar-refractivity contribution in [2.75, 3.05) is 13.1 Å². The molecular formula is C15H21FN2O2. The van der Waals surface area contributed by atoms with Crippen molar-refractivity contribution >= 4 is 11.7 Å². The van der Waals surface area contributed by atoms with E-state index < -0.39 is 11.9 Å². The zero-order chi connectivity index (χ0) is 15.1. The number of benzene rings is 1. The average Bonchev–Trinajstić information content (AvgIpc) is 2.42. The highest BCUT2D eigenvalue weighted by Gasteiger charge is 2.23. The molecule has 0 radical (unpaired) electrons. The first kappa shape index (κ1) is 16.3. The molecule has 5 heteroatoms. The number of amides is 1. The maximum Gasteiger partial charge on any atom is 0.231 e. The summed E-state index contributed by atoms with van der Waals surface area (Å²) in [6.07, 6.45) is 1.85. The SMILES string of the molecule is CCCCN(CC(N)=O)C(C)C(=O)c1ccc(F)cc1. The molecule has 0 bridgehead atoms. The maximum absolute atomic E-state index is 12.9. The Hall–Kier alpha value is -1.75. The van der Waals surface area contributed by atoms with Crippen LogP contribution in [0.4, 0.5) is 4.39 Å². The van der Waals surface area contributed by atoms with Gasteiger partial charge in [-0.2, -0.15) is 0 Å². The van der Waals surface area contributed by atoms with E-state index in [-0.39, 0.29) is 18.1 Å². The molecule has 0 aliphatic heterocycles. The van der Waals surface area contributed by atoms with Crippen molar-refractivity contribution in [3.63, 3.8) is 0 Å². The summed E-state index contributed by atoms with van der Waals surface area (Å²) >= 11 is 0. The molecule has 0 heterocycles. The van der Waals surface area contributed by atoms with E-state index >= 15 is 0 Å². The van der Waals surface area contributed by atoms with Gasteiger partial charge < -0.3 is 5.73 Å². The van der Waals surface area contributed by atoms with Gasteiger partial charge in [-0.05, 0) is 44.2 Å². The largest absolute Gasteiger partial charge is 0.369 e. The fourth-order valence-electron chi connectivity index (χ4n) is 1.99. The molecule has 0 saturated heterocycles. The van der Waals surface area contributed by atoms with Crippen molar-refractivity contribution in [3.8, 4) is 0 Å². The van der Waals surface area contributed by atoms with Crippen molar-refractivity contribution in [3.05, 3.63) is 35.6 Å². The molecule has 20 heavy (non-hydrogen) atoms. The number of unbranched alkanes of at least 4 members (excludes halogenated alkanes) is 1. The Morgan fingerprint density at radius 2 is 1.90 bits per heavy atom. The van der Waals surface area contributed by atoms with Crippen LogP contribution in [0.15, 0.2) is 24.3 Å². The van der Waals surface area contributed by atoms with E-state index in [0.29, 0.717) is 12.1 Å². The smallest absolute Gasteiger partial charge is 0.231 e. The lowest BCUT2D eigenvalue weighted by atomic mass is 10.0. The molecule has 0 fully saturated rings. The Morgan fingerprint density at radius 1 is 1.30 bits per heavy atom. The van der Waals surface area contributed by atoms with E-state index in [4.69, 9.17) is 5.73 Å². The van der Waals surface area contributed by atoms with Gasteiger partial charge in [-0.3, -0.25) is 14.5 Å². The second-order valence-electron chi connectivity index (χ2n) is 4.84. The molecule has 1 aromatic rings. The molecule has 1 rings (SSSR count). The predicted octanol–water partition coefficient (Wildman–Crippen LogP) is 1.98. The van der Waals surface area contributed by atoms with E-state index in [1.165, 1.54) is 24.3 Å².